The van der Waals surface area contributed by atoms with Crippen LogP contribution < -0.4 is 11.5 Å². The van der Waals surface area contributed by atoms with Gasteiger partial charge in [0, 0.05) is 6.92 Å². The Morgan fingerprint density at radius 2 is 2.10 bits per heavy atom. The molecule has 4 N–H and O–H groups in total. The number of hydrogen-bond donors (Lipinski definition) is 2. The minimum atomic E-state index is -0.311. The zero-order valence-electron chi connectivity index (χ0n) is 5.47. The molecule has 0 aromatic heterocycles. The van der Waals surface area contributed by atoms with Crippen LogP contribution >= 0.6 is 11.6 Å². The van der Waals surface area contributed by atoms with Crippen LogP contribution in [0.1, 0.15) is 6.92 Å². The van der Waals surface area contributed by atoms with E-state index in [0.717, 1.165) is 6.20 Å². The summed E-state index contributed by atoms with van der Waals surface area (Å²) in [4.78, 5) is 13.8. The molecule has 10 heavy (non-hydrogen) atoms. The highest BCUT2D eigenvalue weighted by Gasteiger charge is 1.95. The lowest BCUT2D eigenvalue weighted by Gasteiger charge is -1.88. The van der Waals surface area contributed by atoms with Crippen molar-refractivity contribution in [3.05, 3.63) is 11.4 Å². The molecule has 0 aliphatic rings. The Balaban J connectivity index is 4.19. The summed E-state index contributed by atoms with van der Waals surface area (Å²) in [5, 5.41) is -0.01000. The van der Waals surface area contributed by atoms with E-state index in [9.17, 15) is 4.79 Å². The molecule has 0 aliphatic heterocycles. The highest BCUT2D eigenvalue weighted by molar-refractivity contribution is 6.37. The molecule has 0 fully saturated rings. The fourth-order valence-electron chi connectivity index (χ4n) is 0.222. The Labute approximate surface area is 63.5 Å². The second-order valence-electron chi connectivity index (χ2n) is 1.58. The molecular formula is C5H8ClN3O. The molecule has 0 aromatic rings. The molecule has 0 aliphatic carbocycles. The molecule has 0 bridgehead atoms. The maximum Gasteiger partial charge on any atom is 0.194 e. The van der Waals surface area contributed by atoms with Crippen molar-refractivity contribution in [2.24, 2.45) is 16.5 Å². The van der Waals surface area contributed by atoms with Crippen molar-refractivity contribution in [2.75, 3.05) is 0 Å². The van der Waals surface area contributed by atoms with Crippen LogP contribution in [0.5, 0.6) is 0 Å². The Hall–Kier alpha value is -1.03. The van der Waals surface area contributed by atoms with Crippen molar-refractivity contribution in [1.29, 1.82) is 0 Å². The summed E-state index contributed by atoms with van der Waals surface area (Å²) in [6, 6.07) is 0. The number of halogens is 1. The summed E-state index contributed by atoms with van der Waals surface area (Å²) in [6.07, 6.45) is 1.11. The van der Waals surface area contributed by atoms with Crippen molar-refractivity contribution in [1.82, 2.24) is 0 Å². The summed E-state index contributed by atoms with van der Waals surface area (Å²) >= 11 is 5.19. The normalized spacial score (nSPS) is 13.4. The van der Waals surface area contributed by atoms with Crippen LogP contribution in [0.15, 0.2) is 16.3 Å². The molecule has 0 heterocycles. The zero-order valence-corrected chi connectivity index (χ0v) is 6.22. The average molecular weight is 162 g/mol. The smallest absolute Gasteiger partial charge is 0.194 e. The molecule has 0 atom stereocenters. The van der Waals surface area contributed by atoms with E-state index >= 15 is 0 Å². The number of rotatable bonds is 2. The second-order valence-corrected chi connectivity index (χ2v) is 2.02. The van der Waals surface area contributed by atoms with Crippen LogP contribution in [0, 0.1) is 0 Å². The number of carbonyl (C=O) groups excluding carboxylic acids is 1. The highest BCUT2D eigenvalue weighted by Crippen LogP contribution is 1.89. The van der Waals surface area contributed by atoms with Crippen molar-refractivity contribution in [2.45, 2.75) is 6.92 Å². The molecule has 0 aromatic carbocycles. The lowest BCUT2D eigenvalue weighted by atomic mass is 10.4. The summed E-state index contributed by atoms with van der Waals surface area (Å²) in [5.74, 6) is -0.419. The van der Waals surface area contributed by atoms with E-state index in [0.29, 0.717) is 0 Å². The van der Waals surface area contributed by atoms with Crippen LogP contribution in [-0.2, 0) is 4.79 Å². The van der Waals surface area contributed by atoms with E-state index in [1.807, 2.05) is 0 Å². The Kier molecular flexibility index (Phi) is 3.49. The maximum atomic E-state index is 10.4. The number of nitrogens with zero attached hydrogens (tertiary/aromatic N) is 1. The fraction of sp³-hybridized carbons (Fsp3) is 0.200. The summed E-state index contributed by atoms with van der Waals surface area (Å²) in [6.45, 7) is 1.30. The quantitative estimate of drug-likeness (QED) is 0.338. The van der Waals surface area contributed by atoms with Crippen LogP contribution in [0.2, 0.25) is 0 Å². The molecule has 56 valence electrons. The molecule has 0 rings (SSSR count). The Bertz CT molecular complexity index is 193. The predicted molar refractivity (Wildman–Crippen MR) is 40.4 cm³/mol. The van der Waals surface area contributed by atoms with Gasteiger partial charge in [-0.3, -0.25) is 4.79 Å². The van der Waals surface area contributed by atoms with Gasteiger partial charge < -0.3 is 11.5 Å². The van der Waals surface area contributed by atoms with Crippen molar-refractivity contribution < 1.29 is 4.79 Å². The molecule has 0 spiro atoms. The fourth-order valence-corrected chi connectivity index (χ4v) is 0.271. The van der Waals surface area contributed by atoms with Gasteiger partial charge in [-0.05, 0) is 0 Å². The number of Topliss-reactive ketones (excluding diaryl/α,β-unsaturated/α-hetero) is 1. The average Bonchev–Trinajstić information content (AvgIpc) is 1.82. The van der Waals surface area contributed by atoms with Gasteiger partial charge in [0.1, 0.15) is 5.16 Å². The first-order valence-electron chi connectivity index (χ1n) is 2.49. The number of carbonyl (C=O) groups is 1. The number of aliphatic imine (C=N–C) groups is 1. The van der Waals surface area contributed by atoms with Gasteiger partial charge in [-0.25, -0.2) is 4.99 Å². The molecular weight excluding hydrogens is 154 g/mol. The van der Waals surface area contributed by atoms with E-state index in [1.54, 1.807) is 0 Å². The standard InChI is InChI=1S/C5H8ClN3O/c1-3(10)5(8)9-2-4(6)7/h2H,7H2,1H3,(H2,8,9). The van der Waals surface area contributed by atoms with Gasteiger partial charge in [0.2, 0.25) is 0 Å². The van der Waals surface area contributed by atoms with E-state index in [4.69, 9.17) is 23.1 Å². The minimum Gasteiger partial charge on any atom is -0.388 e. The third-order valence-corrected chi connectivity index (χ3v) is 0.785. The second kappa shape index (κ2) is 3.90. The van der Waals surface area contributed by atoms with Gasteiger partial charge in [0.15, 0.2) is 11.6 Å². The van der Waals surface area contributed by atoms with E-state index in [-0.39, 0.29) is 16.8 Å². The van der Waals surface area contributed by atoms with Crippen LogP contribution in [0.4, 0.5) is 0 Å². The molecule has 0 amide bonds. The number of amidine groups is 1. The Morgan fingerprint density at radius 3 is 2.40 bits per heavy atom. The van der Waals surface area contributed by atoms with Crippen molar-refractivity contribution in [3.63, 3.8) is 0 Å². The van der Waals surface area contributed by atoms with Crippen LogP contribution in [0.25, 0.3) is 0 Å². The molecule has 0 saturated heterocycles. The van der Waals surface area contributed by atoms with E-state index < -0.39 is 0 Å². The summed E-state index contributed by atoms with van der Waals surface area (Å²) in [5.41, 5.74) is 10.1. The topological polar surface area (TPSA) is 81.5 Å². The summed E-state index contributed by atoms with van der Waals surface area (Å²) in [7, 11) is 0. The molecule has 0 radical (unpaired) electrons. The van der Waals surface area contributed by atoms with Gasteiger partial charge >= 0.3 is 0 Å². The number of hydrogen-bond acceptors (Lipinski definition) is 3. The maximum absolute atomic E-state index is 10.4. The molecule has 0 saturated carbocycles. The lowest BCUT2D eigenvalue weighted by molar-refractivity contribution is -0.111. The molecule has 5 heteroatoms. The Morgan fingerprint density at radius 1 is 1.60 bits per heavy atom. The predicted octanol–water partition coefficient (Wildman–Crippen LogP) is -0.0710. The third kappa shape index (κ3) is 3.91. The van der Waals surface area contributed by atoms with Gasteiger partial charge in [-0.1, -0.05) is 11.6 Å². The van der Waals surface area contributed by atoms with Gasteiger partial charge in [-0.2, -0.15) is 0 Å². The zero-order chi connectivity index (χ0) is 8.15. The monoisotopic (exact) mass is 161 g/mol. The van der Waals surface area contributed by atoms with E-state index in [2.05, 4.69) is 4.99 Å². The molecule has 0 unspecified atom stereocenters. The number of ketones is 1. The molecule has 4 nitrogen and oxygen atoms in total. The summed E-state index contributed by atoms with van der Waals surface area (Å²) < 4.78 is 0. The highest BCUT2D eigenvalue weighted by atomic mass is 35.5. The van der Waals surface area contributed by atoms with Crippen LogP contribution in [0.3, 0.4) is 0 Å². The van der Waals surface area contributed by atoms with Crippen molar-refractivity contribution in [3.8, 4) is 0 Å². The first-order valence-corrected chi connectivity index (χ1v) is 2.87. The van der Waals surface area contributed by atoms with Crippen molar-refractivity contribution >= 4 is 23.2 Å². The van der Waals surface area contributed by atoms with Crippen LogP contribution in [-0.4, -0.2) is 11.6 Å². The van der Waals surface area contributed by atoms with Gasteiger partial charge in [0.05, 0.1) is 6.20 Å². The lowest BCUT2D eigenvalue weighted by Crippen LogP contribution is -2.20. The minimum absolute atomic E-state index is 0.01000. The van der Waals surface area contributed by atoms with Gasteiger partial charge in [-0.15, -0.1) is 0 Å². The SMILES string of the molecule is CC(=O)C(N)=NC=C(N)Cl. The first kappa shape index (κ1) is 8.97. The first-order chi connectivity index (χ1) is 4.54. The third-order valence-electron chi connectivity index (χ3n) is 0.688. The van der Waals surface area contributed by atoms with Gasteiger partial charge in [0.25, 0.3) is 0 Å². The van der Waals surface area contributed by atoms with E-state index in [1.165, 1.54) is 6.92 Å². The largest absolute Gasteiger partial charge is 0.388 e. The number of nitrogens with two attached hydrogens (primary N) is 2.